The quantitative estimate of drug-likeness (QED) is 0.0516. The molecule has 0 fully saturated rings. The van der Waals surface area contributed by atoms with Crippen LogP contribution in [0, 0.1) is 0 Å². The van der Waals surface area contributed by atoms with Gasteiger partial charge in [0.1, 0.15) is 18.1 Å². The van der Waals surface area contributed by atoms with Crippen molar-refractivity contribution in [2.24, 2.45) is 27.9 Å². The summed E-state index contributed by atoms with van der Waals surface area (Å²) < 4.78 is 0. The number of aromatic nitrogens is 1. The number of H-pyrrole nitrogens is 1. The van der Waals surface area contributed by atoms with Crippen LogP contribution in [0.25, 0.3) is 10.9 Å². The number of aliphatic hydroxyl groups is 1. The van der Waals surface area contributed by atoms with Crippen molar-refractivity contribution in [3.63, 3.8) is 0 Å². The Bertz CT molecular complexity index is 1290. The smallest absolute Gasteiger partial charge is 0.326 e. The van der Waals surface area contributed by atoms with Crippen LogP contribution in [0.3, 0.4) is 0 Å². The van der Waals surface area contributed by atoms with E-state index in [1.54, 1.807) is 6.20 Å². The number of hydrogen-bond donors (Lipinski definition) is 10. The highest BCUT2D eigenvalue weighted by Gasteiger charge is 2.32. The third-order valence-corrected chi connectivity index (χ3v) is 6.39. The van der Waals surface area contributed by atoms with Crippen molar-refractivity contribution in [1.82, 2.24) is 20.9 Å². The number of primary amides is 1. The van der Waals surface area contributed by atoms with Crippen molar-refractivity contribution in [2.45, 2.75) is 69.3 Å². The normalized spacial score (nSPS) is 14.5. The fourth-order valence-electron chi connectivity index (χ4n) is 4.15. The van der Waals surface area contributed by atoms with Gasteiger partial charge in [-0.1, -0.05) is 18.2 Å². The molecule has 0 bridgehead atoms. The summed E-state index contributed by atoms with van der Waals surface area (Å²) in [4.78, 5) is 68.9. The first-order valence-electron chi connectivity index (χ1n) is 13.3. The number of aromatic amines is 1. The highest BCUT2D eigenvalue weighted by molar-refractivity contribution is 5.95. The number of carboxylic acid groups (broad SMARTS) is 1. The lowest BCUT2D eigenvalue weighted by Crippen LogP contribution is -2.60. The molecule has 0 aliphatic rings. The van der Waals surface area contributed by atoms with Gasteiger partial charge in [-0.25, -0.2) is 4.79 Å². The van der Waals surface area contributed by atoms with Crippen LogP contribution in [0.15, 0.2) is 35.5 Å². The average molecular weight is 590 g/mol. The Morgan fingerprint density at radius 3 is 2.24 bits per heavy atom. The first-order valence-corrected chi connectivity index (χ1v) is 13.3. The monoisotopic (exact) mass is 589 g/mol. The molecule has 1 aromatic heterocycles. The fraction of sp³-hybridized carbons (Fsp3) is 0.462. The Kier molecular flexibility index (Phi) is 12.7. The summed E-state index contributed by atoms with van der Waals surface area (Å²) in [5, 5.41) is 27.7. The number of rotatable bonds is 17. The van der Waals surface area contributed by atoms with Crippen LogP contribution in [0.2, 0.25) is 0 Å². The number of para-hydroxylation sites is 1. The number of aliphatic carboxylic acids is 1. The zero-order chi connectivity index (χ0) is 31.4. The van der Waals surface area contributed by atoms with E-state index in [1.165, 1.54) is 6.92 Å². The number of nitrogens with two attached hydrogens (primary N) is 4. The Morgan fingerprint density at radius 1 is 0.952 bits per heavy atom. The van der Waals surface area contributed by atoms with Crippen LogP contribution in [-0.4, -0.2) is 87.6 Å². The highest BCUT2D eigenvalue weighted by Crippen LogP contribution is 2.18. The second kappa shape index (κ2) is 15.9. The van der Waals surface area contributed by atoms with Crippen molar-refractivity contribution in [1.29, 1.82) is 0 Å². The molecule has 1 aromatic carbocycles. The molecule has 0 aliphatic heterocycles. The third-order valence-electron chi connectivity index (χ3n) is 6.39. The van der Waals surface area contributed by atoms with E-state index in [-0.39, 0.29) is 44.6 Å². The summed E-state index contributed by atoms with van der Waals surface area (Å²) >= 11 is 0. The minimum absolute atomic E-state index is 0.0327. The molecule has 0 saturated carbocycles. The molecule has 16 nitrogen and oxygen atoms in total. The van der Waals surface area contributed by atoms with E-state index in [9.17, 15) is 34.2 Å². The summed E-state index contributed by atoms with van der Waals surface area (Å²) in [5.41, 5.74) is 23.4. The van der Waals surface area contributed by atoms with Gasteiger partial charge in [0.05, 0.1) is 12.1 Å². The average Bonchev–Trinajstić information content (AvgIpc) is 3.32. The molecule has 4 amide bonds. The summed E-state index contributed by atoms with van der Waals surface area (Å²) in [5.74, 6) is -4.87. The Labute approximate surface area is 241 Å². The first-order chi connectivity index (χ1) is 19.8. The van der Waals surface area contributed by atoms with E-state index in [2.05, 4.69) is 25.9 Å². The summed E-state index contributed by atoms with van der Waals surface area (Å²) in [6.45, 7) is 1.38. The third kappa shape index (κ3) is 10.4. The van der Waals surface area contributed by atoms with Gasteiger partial charge in [-0.15, -0.1) is 0 Å². The minimum Gasteiger partial charge on any atom is -0.480 e. The minimum atomic E-state index is -1.52. The molecule has 42 heavy (non-hydrogen) atoms. The van der Waals surface area contributed by atoms with Crippen molar-refractivity contribution >= 4 is 46.5 Å². The lowest BCUT2D eigenvalue weighted by Gasteiger charge is -2.26. The van der Waals surface area contributed by atoms with E-state index in [0.29, 0.717) is 0 Å². The molecule has 0 aliphatic carbocycles. The molecule has 2 aromatic rings. The number of fused-ring (bicyclic) bond motifs is 1. The molecule has 16 heteroatoms. The van der Waals surface area contributed by atoms with Crippen LogP contribution >= 0.6 is 0 Å². The maximum absolute atomic E-state index is 13.1. The molecule has 0 saturated heterocycles. The van der Waals surface area contributed by atoms with Crippen LogP contribution < -0.4 is 38.9 Å². The van der Waals surface area contributed by atoms with Crippen molar-refractivity contribution < 1.29 is 34.2 Å². The van der Waals surface area contributed by atoms with E-state index in [1.807, 2.05) is 24.3 Å². The van der Waals surface area contributed by atoms with Gasteiger partial charge in [-0.2, -0.15) is 0 Å². The number of aliphatic imine (C=N–C) groups is 1. The standard InChI is InChI=1S/C26H39N9O7/c1-13(36)21(35-22(38)16(27)11-14-12-32-17-6-3-2-5-15(14)17)24(40)33-18(8-9-20(28)37)23(39)34-19(25(41)42)7-4-10-31-26(29)30/h2-3,5-6,12-13,16,18-19,21,32,36H,4,7-11,27H2,1H3,(H2,28,37)(H,33,40)(H,34,39)(H,35,38)(H,41,42)(H4,29,30,31). The lowest BCUT2D eigenvalue weighted by molar-refractivity contribution is -0.142. The Balaban J connectivity index is 2.09. The van der Waals surface area contributed by atoms with Gasteiger partial charge in [0.25, 0.3) is 0 Å². The lowest BCUT2D eigenvalue weighted by atomic mass is 10.0. The van der Waals surface area contributed by atoms with Crippen molar-refractivity contribution in [2.75, 3.05) is 6.54 Å². The molecule has 0 spiro atoms. The number of carbonyl (C=O) groups excluding carboxylic acids is 4. The molecule has 2 rings (SSSR count). The highest BCUT2D eigenvalue weighted by atomic mass is 16.4. The Morgan fingerprint density at radius 2 is 1.62 bits per heavy atom. The number of aliphatic hydroxyl groups excluding tert-OH is 1. The maximum Gasteiger partial charge on any atom is 0.326 e. The van der Waals surface area contributed by atoms with Crippen LogP contribution in [0.5, 0.6) is 0 Å². The molecular formula is C26H39N9O7. The predicted octanol–water partition coefficient (Wildman–Crippen LogP) is -2.72. The SMILES string of the molecule is CC(O)C(NC(=O)C(N)Cc1c[nH]c2ccccc12)C(=O)NC(CCC(N)=O)C(=O)NC(CCCN=C(N)N)C(=O)O. The van der Waals surface area contributed by atoms with Crippen molar-refractivity contribution in [3.05, 3.63) is 36.0 Å². The number of benzene rings is 1. The van der Waals surface area contributed by atoms with Gasteiger partial charge >= 0.3 is 5.97 Å². The number of carboxylic acids is 1. The second-order valence-corrected chi connectivity index (χ2v) is 9.81. The van der Waals surface area contributed by atoms with E-state index < -0.39 is 59.9 Å². The molecule has 14 N–H and O–H groups in total. The van der Waals surface area contributed by atoms with Gasteiger partial charge in [-0.05, 0) is 44.2 Å². The zero-order valence-corrected chi connectivity index (χ0v) is 23.2. The number of nitrogens with zero attached hydrogens (tertiary/aromatic N) is 1. The summed E-state index contributed by atoms with van der Waals surface area (Å²) in [6, 6.07) is 2.07. The second-order valence-electron chi connectivity index (χ2n) is 9.81. The van der Waals surface area contributed by atoms with Crippen LogP contribution in [0.4, 0.5) is 0 Å². The Hall–Kier alpha value is -4.70. The first kappa shape index (κ1) is 33.5. The molecule has 0 radical (unpaired) electrons. The van der Waals surface area contributed by atoms with Gasteiger partial charge in [0, 0.05) is 30.1 Å². The largest absolute Gasteiger partial charge is 0.480 e. The molecular weight excluding hydrogens is 550 g/mol. The van der Waals surface area contributed by atoms with Crippen LogP contribution in [0.1, 0.15) is 38.2 Å². The van der Waals surface area contributed by atoms with Gasteiger partial charge in [0.15, 0.2) is 5.96 Å². The van der Waals surface area contributed by atoms with Gasteiger partial charge < -0.3 is 54.1 Å². The molecule has 5 atom stereocenters. The number of amides is 4. The van der Waals surface area contributed by atoms with E-state index >= 15 is 0 Å². The zero-order valence-electron chi connectivity index (χ0n) is 23.2. The van der Waals surface area contributed by atoms with Crippen LogP contribution in [-0.2, 0) is 30.4 Å². The van der Waals surface area contributed by atoms with E-state index in [0.717, 1.165) is 16.5 Å². The summed E-state index contributed by atoms with van der Waals surface area (Å²) in [7, 11) is 0. The topological polar surface area (TPSA) is 294 Å². The maximum atomic E-state index is 13.1. The number of carbonyl (C=O) groups is 5. The molecule has 1 heterocycles. The predicted molar refractivity (Wildman–Crippen MR) is 153 cm³/mol. The van der Waals surface area contributed by atoms with Gasteiger partial charge in [0.2, 0.25) is 23.6 Å². The molecule has 230 valence electrons. The number of guanidine groups is 1. The van der Waals surface area contributed by atoms with E-state index in [4.69, 9.17) is 22.9 Å². The van der Waals surface area contributed by atoms with Gasteiger partial charge in [-0.3, -0.25) is 24.2 Å². The number of hydrogen-bond acceptors (Lipinski definition) is 8. The molecule has 5 unspecified atom stereocenters. The number of nitrogens with one attached hydrogen (secondary N) is 4. The van der Waals surface area contributed by atoms with Crippen molar-refractivity contribution in [3.8, 4) is 0 Å². The summed E-state index contributed by atoms with van der Waals surface area (Å²) in [6.07, 6.45) is 0.0565. The fourth-order valence-corrected chi connectivity index (χ4v) is 4.15.